The van der Waals surface area contributed by atoms with Crippen molar-refractivity contribution in [2.75, 3.05) is 53.0 Å². The molecule has 0 saturated carbocycles. The molecule has 0 aliphatic carbocycles. The summed E-state index contributed by atoms with van der Waals surface area (Å²) in [6, 6.07) is 0.00277. The van der Waals surface area contributed by atoms with Gasteiger partial charge < -0.3 is 15.2 Å². The van der Waals surface area contributed by atoms with Gasteiger partial charge in [-0.15, -0.1) is 0 Å². The predicted molar refractivity (Wildman–Crippen MR) is 74.6 cm³/mol. The molecule has 0 bridgehead atoms. The summed E-state index contributed by atoms with van der Waals surface area (Å²) in [5.41, 5.74) is 0. The number of carbonyl (C=O) groups is 2. The Balaban J connectivity index is 2.30. The van der Waals surface area contributed by atoms with Crippen molar-refractivity contribution in [3.05, 3.63) is 0 Å². The van der Waals surface area contributed by atoms with Crippen LogP contribution in [-0.2, 0) is 14.3 Å². The van der Waals surface area contributed by atoms with Gasteiger partial charge in [0, 0.05) is 32.8 Å². The lowest BCUT2D eigenvalue weighted by Crippen LogP contribution is -2.43. The van der Waals surface area contributed by atoms with Crippen molar-refractivity contribution in [1.29, 1.82) is 0 Å². The van der Waals surface area contributed by atoms with Crippen molar-refractivity contribution < 1.29 is 19.4 Å². The van der Waals surface area contributed by atoms with E-state index in [0.717, 1.165) is 26.1 Å². The van der Waals surface area contributed by atoms with Gasteiger partial charge in [0.15, 0.2) is 0 Å². The molecule has 7 heteroatoms. The van der Waals surface area contributed by atoms with E-state index in [2.05, 4.69) is 10.2 Å². The highest BCUT2D eigenvalue weighted by atomic mass is 16.5. The number of rotatable bonds is 7. The Labute approximate surface area is 119 Å². The molecule has 1 atom stereocenters. The number of hydrogen-bond donors (Lipinski definition) is 2. The fourth-order valence-electron chi connectivity index (χ4n) is 2.35. The van der Waals surface area contributed by atoms with Crippen LogP contribution in [0.4, 0.5) is 0 Å². The number of methoxy groups -OCH3 is 1. The van der Waals surface area contributed by atoms with E-state index >= 15 is 0 Å². The van der Waals surface area contributed by atoms with Crippen molar-refractivity contribution in [3.8, 4) is 0 Å². The minimum absolute atomic E-state index is 0.00277. The first-order valence-electron chi connectivity index (χ1n) is 6.96. The lowest BCUT2D eigenvalue weighted by atomic mass is 10.3. The summed E-state index contributed by atoms with van der Waals surface area (Å²) < 4.78 is 4.97. The molecule has 2 N–H and O–H groups in total. The summed E-state index contributed by atoms with van der Waals surface area (Å²) in [5.74, 6) is -0.814. The third-order valence-electron chi connectivity index (χ3n) is 3.23. The average Bonchev–Trinajstić information content (AvgIpc) is 2.54. The van der Waals surface area contributed by atoms with Crippen molar-refractivity contribution in [3.63, 3.8) is 0 Å². The minimum atomic E-state index is -0.801. The van der Waals surface area contributed by atoms with Crippen LogP contribution in [0.1, 0.15) is 13.3 Å². The Bertz CT molecular complexity index is 325. The number of amides is 1. The van der Waals surface area contributed by atoms with E-state index in [4.69, 9.17) is 9.84 Å². The SMILES string of the molecule is COCC(C)NC(=O)CN1CCCN(CC(=O)O)CC1. The zero-order valence-electron chi connectivity index (χ0n) is 12.3. The molecule has 0 aromatic carbocycles. The molecule has 0 radical (unpaired) electrons. The molecule has 1 unspecified atom stereocenters. The zero-order chi connectivity index (χ0) is 15.0. The lowest BCUT2D eigenvalue weighted by molar-refractivity contribution is -0.138. The first kappa shape index (κ1) is 16.9. The molecule has 7 nitrogen and oxygen atoms in total. The number of hydrogen-bond acceptors (Lipinski definition) is 5. The molecule has 0 aromatic rings. The predicted octanol–water partition coefficient (Wildman–Crippen LogP) is -0.770. The standard InChI is InChI=1S/C13H25N3O4/c1-11(10-20-2)14-12(17)8-15-4-3-5-16(7-6-15)9-13(18)19/h11H,3-10H2,1-2H3,(H,14,17)(H,18,19). The van der Waals surface area contributed by atoms with Crippen LogP contribution in [0.5, 0.6) is 0 Å². The van der Waals surface area contributed by atoms with E-state index in [1.54, 1.807) is 7.11 Å². The quantitative estimate of drug-likeness (QED) is 0.640. The van der Waals surface area contributed by atoms with Crippen LogP contribution >= 0.6 is 0 Å². The van der Waals surface area contributed by atoms with Crippen LogP contribution in [-0.4, -0.2) is 85.8 Å². The van der Waals surface area contributed by atoms with Gasteiger partial charge in [0.2, 0.25) is 5.91 Å². The summed E-state index contributed by atoms with van der Waals surface area (Å²) in [5, 5.41) is 11.7. The van der Waals surface area contributed by atoms with Gasteiger partial charge >= 0.3 is 5.97 Å². The molecule has 1 aliphatic rings. The van der Waals surface area contributed by atoms with Crippen LogP contribution < -0.4 is 5.32 Å². The molecule has 1 saturated heterocycles. The monoisotopic (exact) mass is 287 g/mol. The second kappa shape index (κ2) is 8.89. The smallest absolute Gasteiger partial charge is 0.317 e. The van der Waals surface area contributed by atoms with E-state index in [9.17, 15) is 9.59 Å². The number of aliphatic carboxylic acids is 1. The van der Waals surface area contributed by atoms with E-state index in [0.29, 0.717) is 19.7 Å². The number of nitrogens with one attached hydrogen (secondary N) is 1. The maximum atomic E-state index is 11.9. The highest BCUT2D eigenvalue weighted by Gasteiger charge is 2.18. The van der Waals surface area contributed by atoms with Crippen molar-refractivity contribution in [2.24, 2.45) is 0 Å². The van der Waals surface area contributed by atoms with Crippen LogP contribution in [0.2, 0.25) is 0 Å². The Morgan fingerprint density at radius 3 is 2.35 bits per heavy atom. The van der Waals surface area contributed by atoms with Gasteiger partial charge in [-0.25, -0.2) is 0 Å². The van der Waals surface area contributed by atoms with Gasteiger partial charge in [-0.05, 0) is 19.9 Å². The molecule has 1 amide bonds. The molecule has 116 valence electrons. The Hall–Kier alpha value is -1.18. The lowest BCUT2D eigenvalue weighted by Gasteiger charge is -2.21. The van der Waals surface area contributed by atoms with E-state index in [1.165, 1.54) is 0 Å². The number of carboxylic acid groups (broad SMARTS) is 1. The fraction of sp³-hybridized carbons (Fsp3) is 0.846. The Kier molecular flexibility index (Phi) is 7.50. The Morgan fingerprint density at radius 2 is 1.80 bits per heavy atom. The van der Waals surface area contributed by atoms with Gasteiger partial charge in [-0.3, -0.25) is 19.4 Å². The first-order chi connectivity index (χ1) is 9.51. The van der Waals surface area contributed by atoms with Gasteiger partial charge in [0.1, 0.15) is 0 Å². The van der Waals surface area contributed by atoms with Crippen LogP contribution in [0.15, 0.2) is 0 Å². The molecular weight excluding hydrogens is 262 g/mol. The first-order valence-corrected chi connectivity index (χ1v) is 6.96. The number of nitrogens with zero attached hydrogens (tertiary/aromatic N) is 2. The second-order valence-electron chi connectivity index (χ2n) is 5.22. The number of carbonyl (C=O) groups excluding carboxylic acids is 1. The zero-order valence-corrected chi connectivity index (χ0v) is 12.3. The van der Waals surface area contributed by atoms with Gasteiger partial charge in [-0.1, -0.05) is 0 Å². The van der Waals surface area contributed by atoms with Gasteiger partial charge in [0.25, 0.3) is 0 Å². The fourth-order valence-corrected chi connectivity index (χ4v) is 2.35. The topological polar surface area (TPSA) is 82.1 Å². The molecule has 1 rings (SSSR count). The molecule has 1 fully saturated rings. The molecule has 0 aromatic heterocycles. The molecule has 1 aliphatic heterocycles. The van der Waals surface area contributed by atoms with Crippen molar-refractivity contribution in [1.82, 2.24) is 15.1 Å². The molecule has 20 heavy (non-hydrogen) atoms. The maximum absolute atomic E-state index is 11.9. The summed E-state index contributed by atoms with van der Waals surface area (Å²) >= 11 is 0. The average molecular weight is 287 g/mol. The third-order valence-corrected chi connectivity index (χ3v) is 3.23. The van der Waals surface area contributed by atoms with Crippen molar-refractivity contribution >= 4 is 11.9 Å². The number of ether oxygens (including phenoxy) is 1. The molecular formula is C13H25N3O4. The van der Waals surface area contributed by atoms with Crippen molar-refractivity contribution in [2.45, 2.75) is 19.4 Å². The summed E-state index contributed by atoms with van der Waals surface area (Å²) in [4.78, 5) is 26.5. The largest absolute Gasteiger partial charge is 0.480 e. The Morgan fingerprint density at radius 1 is 1.20 bits per heavy atom. The van der Waals surface area contributed by atoms with E-state index in [1.807, 2.05) is 11.8 Å². The minimum Gasteiger partial charge on any atom is -0.480 e. The highest BCUT2D eigenvalue weighted by molar-refractivity contribution is 5.78. The van der Waals surface area contributed by atoms with Gasteiger partial charge in [-0.2, -0.15) is 0 Å². The summed E-state index contributed by atoms with van der Waals surface area (Å²) in [6.07, 6.45) is 0.883. The highest BCUT2D eigenvalue weighted by Crippen LogP contribution is 2.02. The van der Waals surface area contributed by atoms with Crippen LogP contribution in [0.3, 0.4) is 0 Å². The summed E-state index contributed by atoms with van der Waals surface area (Å²) in [7, 11) is 1.61. The molecule has 0 spiro atoms. The van der Waals surface area contributed by atoms with E-state index < -0.39 is 5.97 Å². The van der Waals surface area contributed by atoms with Gasteiger partial charge in [0.05, 0.1) is 19.7 Å². The second-order valence-corrected chi connectivity index (χ2v) is 5.22. The van der Waals surface area contributed by atoms with Crippen LogP contribution in [0.25, 0.3) is 0 Å². The normalized spacial score (nSPS) is 19.3. The van der Waals surface area contributed by atoms with Crippen LogP contribution in [0, 0.1) is 0 Å². The third kappa shape index (κ3) is 6.83. The number of carboxylic acids is 1. The maximum Gasteiger partial charge on any atom is 0.317 e. The summed E-state index contributed by atoms with van der Waals surface area (Å²) in [6.45, 7) is 5.83. The molecule has 1 heterocycles. The van der Waals surface area contributed by atoms with E-state index in [-0.39, 0.29) is 18.5 Å².